The minimum absolute atomic E-state index is 0.0177. The average molecular weight is 439 g/mol. The third-order valence-electron chi connectivity index (χ3n) is 6.22. The van der Waals surface area contributed by atoms with Crippen molar-refractivity contribution in [1.29, 1.82) is 0 Å². The SMILES string of the molecule is Cc1ccc(C(=O)N[C@@H](CN2CCN(Cc3ccc([N+](=O)[O-])c(C)c3)CC2)C(C)C)cc1. The van der Waals surface area contributed by atoms with E-state index in [1.807, 2.05) is 43.3 Å². The number of nitrogens with zero attached hydrogens (tertiary/aromatic N) is 3. The maximum Gasteiger partial charge on any atom is 0.272 e. The van der Waals surface area contributed by atoms with Gasteiger partial charge in [0.25, 0.3) is 11.6 Å². The Morgan fingerprint density at radius 1 is 1.03 bits per heavy atom. The fraction of sp³-hybridized carbons (Fsp3) is 0.480. The summed E-state index contributed by atoms with van der Waals surface area (Å²) in [5, 5.41) is 14.2. The van der Waals surface area contributed by atoms with Crippen LogP contribution < -0.4 is 5.32 Å². The van der Waals surface area contributed by atoms with Crippen molar-refractivity contribution in [2.75, 3.05) is 32.7 Å². The van der Waals surface area contributed by atoms with Gasteiger partial charge >= 0.3 is 0 Å². The van der Waals surface area contributed by atoms with Crippen molar-refractivity contribution in [2.24, 2.45) is 5.92 Å². The third kappa shape index (κ3) is 6.37. The molecule has 7 heteroatoms. The van der Waals surface area contributed by atoms with E-state index in [1.54, 1.807) is 13.0 Å². The molecule has 0 aromatic heterocycles. The maximum atomic E-state index is 12.7. The Labute approximate surface area is 190 Å². The van der Waals surface area contributed by atoms with E-state index in [0.717, 1.165) is 50.4 Å². The normalized spacial score (nSPS) is 16.2. The van der Waals surface area contributed by atoms with E-state index in [4.69, 9.17) is 0 Å². The molecule has 1 saturated heterocycles. The number of amides is 1. The van der Waals surface area contributed by atoms with Crippen LogP contribution >= 0.6 is 0 Å². The van der Waals surface area contributed by atoms with Crippen molar-refractivity contribution in [3.8, 4) is 0 Å². The van der Waals surface area contributed by atoms with Crippen LogP contribution in [0.3, 0.4) is 0 Å². The quantitative estimate of drug-likeness (QED) is 0.501. The van der Waals surface area contributed by atoms with Crippen LogP contribution in [0.2, 0.25) is 0 Å². The van der Waals surface area contributed by atoms with Gasteiger partial charge in [0.05, 0.1) is 4.92 Å². The van der Waals surface area contributed by atoms with Crippen LogP contribution in [-0.4, -0.2) is 59.4 Å². The lowest BCUT2D eigenvalue weighted by Crippen LogP contribution is -2.52. The topological polar surface area (TPSA) is 78.7 Å². The highest BCUT2D eigenvalue weighted by molar-refractivity contribution is 5.94. The molecular formula is C25H34N4O3. The smallest absolute Gasteiger partial charge is 0.272 e. The van der Waals surface area contributed by atoms with E-state index >= 15 is 0 Å². The van der Waals surface area contributed by atoms with Crippen molar-refractivity contribution in [1.82, 2.24) is 15.1 Å². The Morgan fingerprint density at radius 3 is 2.22 bits per heavy atom. The molecule has 0 radical (unpaired) electrons. The largest absolute Gasteiger partial charge is 0.348 e. The number of hydrogen-bond acceptors (Lipinski definition) is 5. The number of carbonyl (C=O) groups is 1. The van der Waals surface area contributed by atoms with Crippen LogP contribution in [0.4, 0.5) is 5.69 Å². The highest BCUT2D eigenvalue weighted by Crippen LogP contribution is 2.20. The predicted octanol–water partition coefficient (Wildman–Crippen LogP) is 3.78. The average Bonchev–Trinajstić information content (AvgIpc) is 2.74. The molecule has 172 valence electrons. The lowest BCUT2D eigenvalue weighted by Gasteiger charge is -2.37. The molecule has 0 bridgehead atoms. The molecule has 0 spiro atoms. The summed E-state index contributed by atoms with van der Waals surface area (Å²) < 4.78 is 0. The zero-order valence-corrected chi connectivity index (χ0v) is 19.5. The van der Waals surface area contributed by atoms with Gasteiger partial charge in [0.15, 0.2) is 0 Å². The zero-order chi connectivity index (χ0) is 23.3. The summed E-state index contributed by atoms with van der Waals surface area (Å²) in [5.74, 6) is 0.321. The molecule has 0 aliphatic carbocycles. The first-order chi connectivity index (χ1) is 15.2. The van der Waals surface area contributed by atoms with Gasteiger partial charge in [0, 0.05) is 62.5 Å². The zero-order valence-electron chi connectivity index (χ0n) is 19.5. The number of benzene rings is 2. The number of nitro benzene ring substituents is 1. The molecule has 2 aromatic rings. The van der Waals surface area contributed by atoms with Gasteiger partial charge in [-0.15, -0.1) is 0 Å². The van der Waals surface area contributed by atoms with Gasteiger partial charge in [-0.25, -0.2) is 0 Å². The number of aryl methyl sites for hydroxylation is 2. The maximum absolute atomic E-state index is 12.7. The van der Waals surface area contributed by atoms with Crippen LogP contribution in [0.25, 0.3) is 0 Å². The van der Waals surface area contributed by atoms with Crippen molar-refractivity contribution in [2.45, 2.75) is 40.3 Å². The highest BCUT2D eigenvalue weighted by atomic mass is 16.6. The lowest BCUT2D eigenvalue weighted by molar-refractivity contribution is -0.385. The van der Waals surface area contributed by atoms with Crippen LogP contribution in [0.1, 0.15) is 40.9 Å². The number of nitro groups is 1. The van der Waals surface area contributed by atoms with Crippen LogP contribution in [0, 0.1) is 29.9 Å². The van der Waals surface area contributed by atoms with E-state index < -0.39 is 0 Å². The van der Waals surface area contributed by atoms with E-state index in [-0.39, 0.29) is 22.6 Å². The molecule has 1 aliphatic rings. The molecule has 1 heterocycles. The first kappa shape index (κ1) is 23.9. The summed E-state index contributed by atoms with van der Waals surface area (Å²) in [7, 11) is 0. The van der Waals surface area contributed by atoms with E-state index in [2.05, 4.69) is 29.0 Å². The van der Waals surface area contributed by atoms with E-state index in [1.165, 1.54) is 0 Å². The molecule has 1 N–H and O–H groups in total. The van der Waals surface area contributed by atoms with E-state index in [0.29, 0.717) is 17.0 Å². The summed E-state index contributed by atoms with van der Waals surface area (Å²) >= 11 is 0. The minimum Gasteiger partial charge on any atom is -0.348 e. The van der Waals surface area contributed by atoms with Crippen molar-refractivity contribution < 1.29 is 9.72 Å². The summed E-state index contributed by atoms with van der Waals surface area (Å²) in [6, 6.07) is 13.1. The summed E-state index contributed by atoms with van der Waals surface area (Å²) in [6.07, 6.45) is 0. The van der Waals surface area contributed by atoms with Crippen LogP contribution in [0.5, 0.6) is 0 Å². The standard InChI is InChI=1S/C25H34N4O3/c1-18(2)23(26-25(30)22-8-5-19(3)6-9-22)17-28-13-11-27(12-14-28)16-21-7-10-24(29(31)32)20(4)15-21/h5-10,15,18,23H,11-14,16-17H2,1-4H3,(H,26,30)/t23-/m0/s1. The second kappa shape index (κ2) is 10.7. The molecule has 1 amide bonds. The van der Waals surface area contributed by atoms with Gasteiger partial charge in [-0.05, 0) is 43.5 Å². The molecule has 1 fully saturated rings. The van der Waals surface area contributed by atoms with Gasteiger partial charge in [0.2, 0.25) is 0 Å². The number of piperazine rings is 1. The molecule has 32 heavy (non-hydrogen) atoms. The third-order valence-corrected chi connectivity index (χ3v) is 6.22. The first-order valence-corrected chi connectivity index (χ1v) is 11.3. The van der Waals surface area contributed by atoms with Crippen molar-refractivity contribution in [3.63, 3.8) is 0 Å². The number of hydrogen-bond donors (Lipinski definition) is 1. The van der Waals surface area contributed by atoms with Crippen LogP contribution in [0.15, 0.2) is 42.5 Å². The van der Waals surface area contributed by atoms with Gasteiger partial charge in [-0.2, -0.15) is 0 Å². The molecule has 0 unspecified atom stereocenters. The van der Waals surface area contributed by atoms with Crippen LogP contribution in [-0.2, 0) is 6.54 Å². The summed E-state index contributed by atoms with van der Waals surface area (Å²) in [6.45, 7) is 13.5. The van der Waals surface area contributed by atoms with Gasteiger partial charge < -0.3 is 5.32 Å². The van der Waals surface area contributed by atoms with E-state index in [9.17, 15) is 14.9 Å². The van der Waals surface area contributed by atoms with Gasteiger partial charge in [0.1, 0.15) is 0 Å². The summed E-state index contributed by atoms with van der Waals surface area (Å²) in [4.78, 5) is 28.2. The molecule has 1 aliphatic heterocycles. The molecule has 1 atom stereocenters. The lowest BCUT2D eigenvalue weighted by atomic mass is 10.0. The molecule has 2 aromatic carbocycles. The Kier molecular flexibility index (Phi) is 7.99. The Hall–Kier alpha value is -2.77. The fourth-order valence-electron chi connectivity index (χ4n) is 4.07. The number of nitrogens with one attached hydrogen (secondary N) is 1. The molecular weight excluding hydrogens is 404 g/mol. The van der Waals surface area contributed by atoms with Gasteiger partial charge in [-0.1, -0.05) is 37.6 Å². The molecule has 0 saturated carbocycles. The number of rotatable bonds is 8. The first-order valence-electron chi connectivity index (χ1n) is 11.3. The molecule has 7 nitrogen and oxygen atoms in total. The second-order valence-electron chi connectivity index (χ2n) is 9.14. The molecule has 3 rings (SSSR count). The monoisotopic (exact) mass is 438 g/mol. The predicted molar refractivity (Wildman–Crippen MR) is 127 cm³/mol. The number of carbonyl (C=O) groups excluding carboxylic acids is 1. The highest BCUT2D eigenvalue weighted by Gasteiger charge is 2.24. The van der Waals surface area contributed by atoms with Crippen molar-refractivity contribution >= 4 is 11.6 Å². The van der Waals surface area contributed by atoms with Crippen molar-refractivity contribution in [3.05, 3.63) is 74.8 Å². The van der Waals surface area contributed by atoms with Gasteiger partial charge in [-0.3, -0.25) is 24.7 Å². The fourth-order valence-corrected chi connectivity index (χ4v) is 4.07. The Morgan fingerprint density at radius 2 is 1.66 bits per heavy atom. The Balaban J connectivity index is 1.51. The Bertz CT molecular complexity index is 935. The second-order valence-corrected chi connectivity index (χ2v) is 9.14. The minimum atomic E-state index is -0.333. The summed E-state index contributed by atoms with van der Waals surface area (Å²) in [5.41, 5.74) is 3.82.